The molecule has 1 aromatic carbocycles. The molecule has 18 heavy (non-hydrogen) atoms. The van der Waals surface area contributed by atoms with Gasteiger partial charge < -0.3 is 5.32 Å². The fourth-order valence-corrected chi connectivity index (χ4v) is 2.09. The molecule has 3 heteroatoms. The molecule has 94 valence electrons. The Hall–Kier alpha value is -1.74. The van der Waals surface area contributed by atoms with E-state index in [1.807, 2.05) is 6.07 Å². The molecule has 0 aliphatic rings. The fourth-order valence-electron chi connectivity index (χ4n) is 2.09. The molecule has 0 fully saturated rings. The van der Waals surface area contributed by atoms with Crippen LogP contribution >= 0.6 is 0 Å². The highest BCUT2D eigenvalue weighted by molar-refractivity contribution is 5.27. The summed E-state index contributed by atoms with van der Waals surface area (Å²) in [6.07, 6.45) is 4.36. The van der Waals surface area contributed by atoms with Crippen LogP contribution in [0.15, 0.2) is 42.9 Å². The lowest BCUT2D eigenvalue weighted by Crippen LogP contribution is -2.24. The summed E-state index contributed by atoms with van der Waals surface area (Å²) in [7, 11) is 0. The summed E-state index contributed by atoms with van der Waals surface area (Å²) in [4.78, 5) is 8.32. The minimum atomic E-state index is 0.249. The first kappa shape index (κ1) is 12.7. The van der Waals surface area contributed by atoms with Gasteiger partial charge in [0.25, 0.3) is 0 Å². The normalized spacial score (nSPS) is 12.3. The van der Waals surface area contributed by atoms with Gasteiger partial charge in [0.1, 0.15) is 6.33 Å². The second-order valence-electron chi connectivity index (χ2n) is 4.38. The van der Waals surface area contributed by atoms with Crippen LogP contribution < -0.4 is 5.32 Å². The zero-order valence-corrected chi connectivity index (χ0v) is 10.9. The predicted molar refractivity (Wildman–Crippen MR) is 73.3 cm³/mol. The molecule has 0 aliphatic heterocycles. The zero-order valence-electron chi connectivity index (χ0n) is 10.9. The Labute approximate surface area is 108 Å². The fraction of sp³-hybridized carbons (Fsp3) is 0.333. The van der Waals surface area contributed by atoms with Crippen molar-refractivity contribution in [3.8, 4) is 0 Å². The van der Waals surface area contributed by atoms with Gasteiger partial charge in [-0.15, -0.1) is 0 Å². The van der Waals surface area contributed by atoms with Crippen molar-refractivity contribution in [3.63, 3.8) is 0 Å². The van der Waals surface area contributed by atoms with Crippen LogP contribution in [0.3, 0.4) is 0 Å². The lowest BCUT2D eigenvalue weighted by Gasteiger charge is -2.18. The van der Waals surface area contributed by atoms with Gasteiger partial charge in [-0.3, -0.25) is 0 Å². The molecule has 3 nitrogen and oxygen atoms in total. The largest absolute Gasteiger partial charge is 0.309 e. The molecule has 0 aliphatic carbocycles. The summed E-state index contributed by atoms with van der Waals surface area (Å²) in [5.41, 5.74) is 3.74. The third-order valence-electron chi connectivity index (χ3n) is 3.10. The van der Waals surface area contributed by atoms with Gasteiger partial charge in [-0.25, -0.2) is 9.97 Å². The molecular weight excluding hydrogens is 222 g/mol. The van der Waals surface area contributed by atoms with Crippen molar-refractivity contribution in [3.05, 3.63) is 59.7 Å². The lowest BCUT2D eigenvalue weighted by molar-refractivity contribution is 0.534. The molecule has 0 amide bonds. The van der Waals surface area contributed by atoms with Crippen LogP contribution in [-0.2, 0) is 6.42 Å². The number of likely N-dealkylation sites (N-methyl/N-ethyl adjacent to an activating group) is 1. The minimum Gasteiger partial charge on any atom is -0.309 e. The highest BCUT2D eigenvalue weighted by Gasteiger charge is 2.13. The first-order valence-electron chi connectivity index (χ1n) is 6.35. The van der Waals surface area contributed by atoms with Gasteiger partial charge >= 0.3 is 0 Å². The summed E-state index contributed by atoms with van der Waals surface area (Å²) in [5.74, 6) is 0. The predicted octanol–water partition coefficient (Wildman–Crippen LogP) is 2.68. The standard InChI is InChI=1S/C15H19N3/c1-3-17-15(14-8-9-16-11-18-14)10-13-7-5-4-6-12(13)2/h4-9,11,15,17H,3,10H2,1-2H3. The van der Waals surface area contributed by atoms with Crippen LogP contribution in [0.2, 0.25) is 0 Å². The number of nitrogens with zero attached hydrogens (tertiary/aromatic N) is 2. The Morgan fingerprint density at radius 2 is 2.06 bits per heavy atom. The van der Waals surface area contributed by atoms with E-state index in [1.165, 1.54) is 11.1 Å². The van der Waals surface area contributed by atoms with Gasteiger partial charge in [-0.1, -0.05) is 31.2 Å². The molecule has 0 saturated heterocycles. The average molecular weight is 241 g/mol. The number of rotatable bonds is 5. The van der Waals surface area contributed by atoms with Crippen molar-refractivity contribution in [2.24, 2.45) is 0 Å². The Balaban J connectivity index is 2.19. The Kier molecular flexibility index (Phi) is 4.42. The molecule has 1 unspecified atom stereocenters. The second kappa shape index (κ2) is 6.26. The number of hydrogen-bond acceptors (Lipinski definition) is 3. The summed E-state index contributed by atoms with van der Waals surface area (Å²) in [6.45, 7) is 5.20. The van der Waals surface area contributed by atoms with E-state index < -0.39 is 0 Å². The van der Waals surface area contributed by atoms with E-state index >= 15 is 0 Å². The number of nitrogens with one attached hydrogen (secondary N) is 1. The number of aryl methyl sites for hydroxylation is 1. The summed E-state index contributed by atoms with van der Waals surface area (Å²) in [6, 6.07) is 10.7. The van der Waals surface area contributed by atoms with E-state index in [2.05, 4.69) is 53.4 Å². The van der Waals surface area contributed by atoms with Crippen LogP contribution in [0.25, 0.3) is 0 Å². The zero-order chi connectivity index (χ0) is 12.8. The lowest BCUT2D eigenvalue weighted by atomic mass is 9.99. The number of aromatic nitrogens is 2. The van der Waals surface area contributed by atoms with Gasteiger partial charge in [-0.2, -0.15) is 0 Å². The minimum absolute atomic E-state index is 0.249. The van der Waals surface area contributed by atoms with E-state index in [0.717, 1.165) is 18.7 Å². The Morgan fingerprint density at radius 3 is 2.72 bits per heavy atom. The Bertz CT molecular complexity index is 482. The SMILES string of the molecule is CCNC(Cc1ccccc1C)c1ccncn1. The van der Waals surface area contributed by atoms with Crippen molar-refractivity contribution in [2.75, 3.05) is 6.54 Å². The molecule has 1 heterocycles. The van der Waals surface area contributed by atoms with Crippen LogP contribution in [0.4, 0.5) is 0 Å². The molecule has 0 spiro atoms. The van der Waals surface area contributed by atoms with E-state index in [9.17, 15) is 0 Å². The molecule has 1 N–H and O–H groups in total. The van der Waals surface area contributed by atoms with Crippen molar-refractivity contribution in [1.82, 2.24) is 15.3 Å². The highest BCUT2D eigenvalue weighted by Crippen LogP contribution is 2.18. The van der Waals surface area contributed by atoms with Gasteiger partial charge in [0, 0.05) is 6.20 Å². The maximum Gasteiger partial charge on any atom is 0.115 e. The molecular formula is C15H19N3. The third-order valence-corrected chi connectivity index (χ3v) is 3.10. The summed E-state index contributed by atoms with van der Waals surface area (Å²) < 4.78 is 0. The number of benzene rings is 1. The van der Waals surface area contributed by atoms with Crippen LogP contribution in [0, 0.1) is 6.92 Å². The van der Waals surface area contributed by atoms with Crippen molar-refractivity contribution in [2.45, 2.75) is 26.3 Å². The molecule has 0 bridgehead atoms. The maximum absolute atomic E-state index is 4.35. The molecule has 1 aromatic heterocycles. The quantitative estimate of drug-likeness (QED) is 0.874. The first-order valence-corrected chi connectivity index (χ1v) is 6.35. The van der Waals surface area contributed by atoms with Gasteiger partial charge in [0.05, 0.1) is 11.7 Å². The van der Waals surface area contributed by atoms with Crippen molar-refractivity contribution < 1.29 is 0 Å². The van der Waals surface area contributed by atoms with Crippen LogP contribution in [0.5, 0.6) is 0 Å². The van der Waals surface area contributed by atoms with E-state index in [0.29, 0.717) is 0 Å². The third kappa shape index (κ3) is 3.14. The van der Waals surface area contributed by atoms with Gasteiger partial charge in [-0.05, 0) is 37.1 Å². The second-order valence-corrected chi connectivity index (χ2v) is 4.38. The smallest absolute Gasteiger partial charge is 0.115 e. The maximum atomic E-state index is 4.35. The highest BCUT2D eigenvalue weighted by atomic mass is 14.9. The first-order chi connectivity index (χ1) is 8.81. The molecule has 1 atom stereocenters. The molecule has 0 saturated carbocycles. The van der Waals surface area contributed by atoms with Crippen molar-refractivity contribution >= 4 is 0 Å². The molecule has 2 aromatic rings. The van der Waals surface area contributed by atoms with E-state index in [-0.39, 0.29) is 6.04 Å². The number of hydrogen-bond donors (Lipinski definition) is 1. The van der Waals surface area contributed by atoms with Gasteiger partial charge in [0.15, 0.2) is 0 Å². The Morgan fingerprint density at radius 1 is 1.22 bits per heavy atom. The van der Waals surface area contributed by atoms with E-state index in [1.54, 1.807) is 12.5 Å². The molecule has 0 radical (unpaired) electrons. The van der Waals surface area contributed by atoms with Crippen LogP contribution in [0.1, 0.15) is 29.8 Å². The topological polar surface area (TPSA) is 37.8 Å². The van der Waals surface area contributed by atoms with E-state index in [4.69, 9.17) is 0 Å². The van der Waals surface area contributed by atoms with Crippen LogP contribution in [-0.4, -0.2) is 16.5 Å². The van der Waals surface area contributed by atoms with Gasteiger partial charge in [0.2, 0.25) is 0 Å². The molecule has 2 rings (SSSR count). The average Bonchev–Trinajstić information content (AvgIpc) is 2.42. The summed E-state index contributed by atoms with van der Waals surface area (Å²) >= 11 is 0. The van der Waals surface area contributed by atoms with Crippen molar-refractivity contribution in [1.29, 1.82) is 0 Å². The summed E-state index contributed by atoms with van der Waals surface area (Å²) in [5, 5.41) is 3.48. The monoisotopic (exact) mass is 241 g/mol.